The van der Waals surface area contributed by atoms with Gasteiger partial charge in [-0.25, -0.2) is 4.99 Å². The van der Waals surface area contributed by atoms with Crippen molar-refractivity contribution in [3.63, 3.8) is 0 Å². The second-order valence-corrected chi connectivity index (χ2v) is 5.58. The molecule has 2 aromatic rings. The Balaban J connectivity index is 0.00000364. The summed E-state index contributed by atoms with van der Waals surface area (Å²) in [6, 6.07) is 12.2. The number of rotatable bonds is 6. The van der Waals surface area contributed by atoms with Crippen LogP contribution in [0.3, 0.4) is 0 Å². The van der Waals surface area contributed by atoms with Gasteiger partial charge in [-0.05, 0) is 36.8 Å². The maximum atomic E-state index is 12.3. The molecule has 27 heavy (non-hydrogen) atoms. The largest absolute Gasteiger partial charge is 0.493 e. The van der Waals surface area contributed by atoms with E-state index in [4.69, 9.17) is 15.2 Å². The van der Waals surface area contributed by atoms with Crippen molar-refractivity contribution < 1.29 is 22.6 Å². The van der Waals surface area contributed by atoms with Gasteiger partial charge in [-0.2, -0.15) is 13.2 Å². The number of guanidine groups is 1. The number of hydrogen-bond acceptors (Lipinski definition) is 3. The summed E-state index contributed by atoms with van der Waals surface area (Å²) in [5.41, 5.74) is 8.50. The van der Waals surface area contributed by atoms with Gasteiger partial charge in [-0.15, -0.1) is 24.0 Å². The van der Waals surface area contributed by atoms with E-state index in [1.807, 2.05) is 31.2 Å². The predicted molar refractivity (Wildman–Crippen MR) is 110 cm³/mol. The van der Waals surface area contributed by atoms with Crippen molar-refractivity contribution in [1.82, 2.24) is 0 Å². The molecule has 0 amide bonds. The highest BCUT2D eigenvalue weighted by Gasteiger charge is 2.29. The number of halogens is 4. The summed E-state index contributed by atoms with van der Waals surface area (Å²) in [4.78, 5) is 4.21. The highest BCUT2D eigenvalue weighted by Crippen LogP contribution is 2.30. The molecule has 0 bridgehead atoms. The van der Waals surface area contributed by atoms with Gasteiger partial charge in [0.05, 0.1) is 13.7 Å². The van der Waals surface area contributed by atoms with Gasteiger partial charge in [0.25, 0.3) is 0 Å². The Hall–Kier alpha value is -2.17. The lowest BCUT2D eigenvalue weighted by atomic mass is 10.2. The molecule has 0 radical (unpaired) electrons. The maximum Gasteiger partial charge on any atom is 0.422 e. The van der Waals surface area contributed by atoms with Crippen LogP contribution in [0, 0.1) is 6.92 Å². The molecule has 148 valence electrons. The van der Waals surface area contributed by atoms with Crippen molar-refractivity contribution in [1.29, 1.82) is 0 Å². The van der Waals surface area contributed by atoms with Gasteiger partial charge in [-0.3, -0.25) is 0 Å². The smallest absolute Gasteiger partial charge is 0.422 e. The number of anilines is 1. The van der Waals surface area contributed by atoms with Gasteiger partial charge in [0.2, 0.25) is 0 Å². The van der Waals surface area contributed by atoms with Crippen LogP contribution < -0.4 is 20.5 Å². The summed E-state index contributed by atoms with van der Waals surface area (Å²) >= 11 is 0. The van der Waals surface area contributed by atoms with Crippen LogP contribution >= 0.6 is 24.0 Å². The number of benzene rings is 2. The fraction of sp³-hybridized carbons (Fsp3) is 0.278. The summed E-state index contributed by atoms with van der Waals surface area (Å²) in [7, 11) is 1.36. The van der Waals surface area contributed by atoms with E-state index >= 15 is 0 Å². The van der Waals surface area contributed by atoms with E-state index in [1.54, 1.807) is 12.1 Å². The zero-order chi connectivity index (χ0) is 19.2. The van der Waals surface area contributed by atoms with Crippen LogP contribution in [-0.2, 0) is 6.54 Å². The number of ether oxygens (including phenoxy) is 2. The number of aliphatic imine (C=N–C) groups is 1. The highest BCUT2D eigenvalue weighted by molar-refractivity contribution is 14.0. The van der Waals surface area contributed by atoms with Gasteiger partial charge in [0.1, 0.15) is 0 Å². The Morgan fingerprint density at radius 1 is 1.11 bits per heavy atom. The molecule has 5 nitrogen and oxygen atoms in total. The molecular weight excluding hydrogens is 474 g/mol. The van der Waals surface area contributed by atoms with Crippen LogP contribution in [0.4, 0.5) is 18.9 Å². The molecule has 0 aliphatic carbocycles. The van der Waals surface area contributed by atoms with Crippen molar-refractivity contribution in [2.45, 2.75) is 19.6 Å². The Kier molecular flexibility index (Phi) is 8.67. The standard InChI is InChI=1S/C18H20F3N3O2.HI/c1-12-3-6-14(7-4-12)24-17(22)23-10-13-5-8-15(16(9-13)25-2)26-11-18(19,20)21;/h3-9H,10-11H2,1-2H3,(H3,22,23,24);1H. The maximum absolute atomic E-state index is 12.3. The van der Waals surface area contributed by atoms with E-state index in [2.05, 4.69) is 10.3 Å². The first-order chi connectivity index (χ1) is 12.3. The second kappa shape index (κ2) is 10.2. The molecule has 2 aromatic carbocycles. The molecule has 0 spiro atoms. The Morgan fingerprint density at radius 3 is 2.37 bits per heavy atom. The van der Waals surface area contributed by atoms with Crippen LogP contribution in [0.15, 0.2) is 47.5 Å². The number of nitrogens with two attached hydrogens (primary N) is 1. The molecule has 3 N–H and O–H groups in total. The third kappa shape index (κ3) is 7.94. The van der Waals surface area contributed by atoms with E-state index in [9.17, 15) is 13.2 Å². The summed E-state index contributed by atoms with van der Waals surface area (Å²) in [5, 5.41) is 2.96. The van der Waals surface area contributed by atoms with Crippen molar-refractivity contribution >= 4 is 35.6 Å². The Bertz CT molecular complexity index is 765. The summed E-state index contributed by atoms with van der Waals surface area (Å²) < 4.78 is 46.6. The minimum atomic E-state index is -4.41. The number of hydrogen-bond donors (Lipinski definition) is 2. The Morgan fingerprint density at radius 2 is 1.78 bits per heavy atom. The third-order valence-electron chi connectivity index (χ3n) is 3.38. The molecule has 0 saturated carbocycles. The van der Waals surface area contributed by atoms with E-state index in [0.717, 1.165) is 16.8 Å². The molecule has 0 aromatic heterocycles. The van der Waals surface area contributed by atoms with E-state index < -0.39 is 12.8 Å². The quantitative estimate of drug-likeness (QED) is 0.352. The van der Waals surface area contributed by atoms with Crippen molar-refractivity contribution in [3.05, 3.63) is 53.6 Å². The normalized spacial score (nSPS) is 11.5. The first kappa shape index (κ1) is 22.9. The zero-order valence-electron chi connectivity index (χ0n) is 14.8. The molecule has 0 atom stereocenters. The number of methoxy groups -OCH3 is 1. The molecule has 0 saturated heterocycles. The third-order valence-corrected chi connectivity index (χ3v) is 3.38. The average Bonchev–Trinajstić information content (AvgIpc) is 2.59. The van der Waals surface area contributed by atoms with E-state index in [-0.39, 0.29) is 48.0 Å². The first-order valence-corrected chi connectivity index (χ1v) is 7.77. The fourth-order valence-corrected chi connectivity index (χ4v) is 2.09. The number of alkyl halides is 3. The molecule has 2 rings (SSSR count). The van der Waals surface area contributed by atoms with Crippen molar-refractivity contribution in [3.8, 4) is 11.5 Å². The first-order valence-electron chi connectivity index (χ1n) is 7.77. The average molecular weight is 495 g/mol. The fourth-order valence-electron chi connectivity index (χ4n) is 2.09. The SMILES string of the molecule is COc1cc(CN=C(N)Nc2ccc(C)cc2)ccc1OCC(F)(F)F.I. The van der Waals surface area contributed by atoms with Crippen molar-refractivity contribution in [2.75, 3.05) is 19.0 Å². The number of nitrogens with zero attached hydrogens (tertiary/aromatic N) is 1. The zero-order valence-corrected chi connectivity index (χ0v) is 17.2. The summed E-state index contributed by atoms with van der Waals surface area (Å²) in [5.74, 6) is 0.445. The van der Waals surface area contributed by atoms with Crippen molar-refractivity contribution in [2.24, 2.45) is 10.7 Å². The van der Waals surface area contributed by atoms with Gasteiger partial charge in [0, 0.05) is 5.69 Å². The Labute approximate surface area is 172 Å². The molecular formula is C18H21F3IN3O2. The lowest BCUT2D eigenvalue weighted by Crippen LogP contribution is -2.22. The topological polar surface area (TPSA) is 68.9 Å². The lowest BCUT2D eigenvalue weighted by molar-refractivity contribution is -0.153. The molecule has 0 unspecified atom stereocenters. The molecule has 9 heteroatoms. The van der Waals surface area contributed by atoms with Gasteiger partial charge in [0.15, 0.2) is 24.1 Å². The van der Waals surface area contributed by atoms with Gasteiger partial charge >= 0.3 is 6.18 Å². The van der Waals surface area contributed by atoms with E-state index in [1.165, 1.54) is 13.2 Å². The molecule has 0 aliphatic rings. The highest BCUT2D eigenvalue weighted by atomic mass is 127. The summed E-state index contributed by atoms with van der Waals surface area (Å²) in [6.45, 7) is 0.839. The number of aryl methyl sites for hydroxylation is 1. The lowest BCUT2D eigenvalue weighted by Gasteiger charge is -2.13. The monoisotopic (exact) mass is 495 g/mol. The molecule has 0 aliphatic heterocycles. The minimum Gasteiger partial charge on any atom is -0.493 e. The van der Waals surface area contributed by atoms with E-state index in [0.29, 0.717) is 0 Å². The van der Waals surface area contributed by atoms with Crippen LogP contribution in [-0.4, -0.2) is 25.9 Å². The van der Waals surface area contributed by atoms with Gasteiger partial charge in [-0.1, -0.05) is 23.8 Å². The molecule has 0 heterocycles. The summed E-state index contributed by atoms with van der Waals surface area (Å²) in [6.07, 6.45) is -4.41. The second-order valence-electron chi connectivity index (χ2n) is 5.58. The van der Waals surface area contributed by atoms with Crippen LogP contribution in [0.25, 0.3) is 0 Å². The number of nitrogens with one attached hydrogen (secondary N) is 1. The van der Waals surface area contributed by atoms with Crippen LogP contribution in [0.2, 0.25) is 0 Å². The minimum absolute atomic E-state index is 0. The van der Waals surface area contributed by atoms with Gasteiger partial charge < -0.3 is 20.5 Å². The predicted octanol–water partition coefficient (Wildman–Crippen LogP) is 4.49. The molecule has 0 fully saturated rings. The van der Waals surface area contributed by atoms with Crippen LogP contribution in [0.1, 0.15) is 11.1 Å². The van der Waals surface area contributed by atoms with Crippen LogP contribution in [0.5, 0.6) is 11.5 Å².